The van der Waals surface area contributed by atoms with Crippen LogP contribution in [-0.2, 0) is 4.79 Å². The molecule has 5 heteroatoms. The lowest BCUT2D eigenvalue weighted by Crippen LogP contribution is -2.38. The van der Waals surface area contributed by atoms with Crippen LogP contribution in [0, 0.1) is 5.41 Å². The molecule has 27 heavy (non-hydrogen) atoms. The summed E-state index contributed by atoms with van der Waals surface area (Å²) in [5, 5.41) is 23.5. The molecule has 0 spiro atoms. The number of aliphatic hydroxyl groups is 1. The molecule has 0 fully saturated rings. The van der Waals surface area contributed by atoms with E-state index in [1.165, 1.54) is 12.1 Å². The molecule has 1 atom stereocenters. The molecule has 0 amide bonds. The number of benzene rings is 1. The number of phenols is 1. The summed E-state index contributed by atoms with van der Waals surface area (Å²) < 4.78 is 5.26. The fraction of sp³-hybridized carbons (Fsp3) is 0.682. The van der Waals surface area contributed by atoms with Gasteiger partial charge in [-0.2, -0.15) is 0 Å². The van der Waals surface area contributed by atoms with Crippen LogP contribution in [0.1, 0.15) is 85.3 Å². The summed E-state index contributed by atoms with van der Waals surface area (Å²) >= 11 is 0. The van der Waals surface area contributed by atoms with E-state index in [0.29, 0.717) is 23.9 Å². The van der Waals surface area contributed by atoms with Gasteiger partial charge in [0.2, 0.25) is 0 Å². The first-order chi connectivity index (χ1) is 12.4. The fourth-order valence-electron chi connectivity index (χ4n) is 2.62. The molecule has 0 aliphatic rings. The van der Waals surface area contributed by atoms with Gasteiger partial charge in [0, 0.05) is 18.5 Å². The normalized spacial score (nSPS) is 13.4. The Labute approximate surface area is 164 Å². The highest BCUT2D eigenvalue weighted by atomic mass is 16.5. The number of rotatable bonds is 9. The van der Waals surface area contributed by atoms with Gasteiger partial charge in [0.1, 0.15) is 0 Å². The molecule has 3 N–H and O–H groups in total. The topological polar surface area (TPSA) is 78.8 Å². The lowest BCUT2D eigenvalue weighted by Gasteiger charge is -2.23. The number of aromatic hydroxyl groups is 1. The summed E-state index contributed by atoms with van der Waals surface area (Å²) in [6, 6.07) is 4.64. The van der Waals surface area contributed by atoms with E-state index >= 15 is 0 Å². The zero-order chi connectivity index (χ0) is 20.7. The molecular formula is C22H37NO4. The van der Waals surface area contributed by atoms with Crippen molar-refractivity contribution in [2.75, 3.05) is 6.54 Å². The first kappa shape index (κ1) is 23.4. The lowest BCUT2D eigenvalue weighted by atomic mass is 9.89. The molecule has 1 aromatic rings. The molecular weight excluding hydrogens is 342 g/mol. The second-order valence-electron chi connectivity index (χ2n) is 9.47. The van der Waals surface area contributed by atoms with E-state index in [0.717, 1.165) is 25.7 Å². The van der Waals surface area contributed by atoms with Gasteiger partial charge in [-0.3, -0.25) is 4.79 Å². The van der Waals surface area contributed by atoms with Crippen LogP contribution in [-0.4, -0.2) is 28.3 Å². The monoisotopic (exact) mass is 379 g/mol. The second kappa shape index (κ2) is 10.1. The summed E-state index contributed by atoms with van der Waals surface area (Å²) in [5.74, 6) is -0.346. The number of hydrogen-bond acceptors (Lipinski definition) is 5. The van der Waals surface area contributed by atoms with Crippen LogP contribution in [0.25, 0.3) is 0 Å². The average molecular weight is 380 g/mol. The molecule has 0 aliphatic carbocycles. The first-order valence-corrected chi connectivity index (χ1v) is 9.84. The molecule has 1 rings (SSSR count). The van der Waals surface area contributed by atoms with Gasteiger partial charge in [-0.05, 0) is 56.7 Å². The van der Waals surface area contributed by atoms with Crippen molar-refractivity contribution in [2.45, 2.75) is 85.3 Å². The van der Waals surface area contributed by atoms with Crippen molar-refractivity contribution in [3.8, 4) is 11.5 Å². The van der Waals surface area contributed by atoms with Crippen molar-refractivity contribution < 1.29 is 19.7 Å². The predicted molar refractivity (Wildman–Crippen MR) is 109 cm³/mol. The van der Waals surface area contributed by atoms with Crippen LogP contribution in [0.2, 0.25) is 0 Å². The van der Waals surface area contributed by atoms with E-state index in [4.69, 9.17) is 4.74 Å². The van der Waals surface area contributed by atoms with Crippen molar-refractivity contribution in [1.82, 2.24) is 5.32 Å². The Balaban J connectivity index is 2.46. The smallest absolute Gasteiger partial charge is 0.311 e. The van der Waals surface area contributed by atoms with Gasteiger partial charge in [0.25, 0.3) is 0 Å². The molecule has 0 heterocycles. The van der Waals surface area contributed by atoms with E-state index in [9.17, 15) is 15.0 Å². The van der Waals surface area contributed by atoms with Gasteiger partial charge < -0.3 is 20.3 Å². The van der Waals surface area contributed by atoms with Gasteiger partial charge in [0.05, 0.1) is 6.10 Å². The summed E-state index contributed by atoms with van der Waals surface area (Å²) in [7, 11) is 0. The molecule has 154 valence electrons. The first-order valence-electron chi connectivity index (χ1n) is 9.84. The largest absolute Gasteiger partial charge is 0.504 e. The van der Waals surface area contributed by atoms with Crippen molar-refractivity contribution in [3.63, 3.8) is 0 Å². The van der Waals surface area contributed by atoms with E-state index in [-0.39, 0.29) is 23.0 Å². The number of nitrogens with one attached hydrogen (secondary N) is 1. The standard InChI is InChI=1S/C22H37NO4/c1-21(2,3)13-9-7-8-10-20(26)27-19-12-11-16(14-17(19)24)18(25)15-23-22(4,5)6/h11-12,14,18,23-25H,7-10,13,15H2,1-6H3. The zero-order valence-corrected chi connectivity index (χ0v) is 17.8. The number of β-amino-alcohol motifs (C(OH)–C–C–N with tert-alkyl or cyclic N) is 1. The third-order valence-corrected chi connectivity index (χ3v) is 4.22. The number of hydrogen-bond donors (Lipinski definition) is 3. The minimum Gasteiger partial charge on any atom is -0.504 e. The van der Waals surface area contributed by atoms with Gasteiger partial charge in [-0.25, -0.2) is 0 Å². The Morgan fingerprint density at radius 1 is 1.11 bits per heavy atom. The quantitative estimate of drug-likeness (QED) is 0.329. The van der Waals surface area contributed by atoms with Crippen molar-refractivity contribution >= 4 is 5.97 Å². The molecule has 0 radical (unpaired) electrons. The summed E-state index contributed by atoms with van der Waals surface area (Å²) in [6.07, 6.45) is 3.59. The van der Waals surface area contributed by atoms with E-state index < -0.39 is 6.10 Å². The Morgan fingerprint density at radius 2 is 1.78 bits per heavy atom. The highest BCUT2D eigenvalue weighted by molar-refractivity contribution is 5.73. The Kier molecular flexibility index (Phi) is 8.76. The molecule has 0 aromatic heterocycles. The van der Waals surface area contributed by atoms with E-state index in [1.54, 1.807) is 6.07 Å². The third kappa shape index (κ3) is 10.4. The highest BCUT2D eigenvalue weighted by Crippen LogP contribution is 2.30. The van der Waals surface area contributed by atoms with Gasteiger partial charge in [0.15, 0.2) is 11.5 Å². The number of ether oxygens (including phenoxy) is 1. The summed E-state index contributed by atoms with van der Waals surface area (Å²) in [4.78, 5) is 12.0. The Bertz CT molecular complexity index is 599. The van der Waals surface area contributed by atoms with Crippen LogP contribution >= 0.6 is 0 Å². The summed E-state index contributed by atoms with van der Waals surface area (Å²) in [5.41, 5.74) is 0.790. The van der Waals surface area contributed by atoms with Gasteiger partial charge >= 0.3 is 5.97 Å². The van der Waals surface area contributed by atoms with E-state index in [2.05, 4.69) is 26.1 Å². The number of phenolic OH excluding ortho intramolecular Hbond substituents is 1. The summed E-state index contributed by atoms with van der Waals surface area (Å²) in [6.45, 7) is 13.1. The maximum atomic E-state index is 12.0. The van der Waals surface area contributed by atoms with Gasteiger partial charge in [-0.1, -0.05) is 39.7 Å². The third-order valence-electron chi connectivity index (χ3n) is 4.22. The minimum atomic E-state index is -0.748. The van der Waals surface area contributed by atoms with Crippen LogP contribution in [0.15, 0.2) is 18.2 Å². The Morgan fingerprint density at radius 3 is 2.33 bits per heavy atom. The average Bonchev–Trinajstić information content (AvgIpc) is 2.52. The molecule has 5 nitrogen and oxygen atoms in total. The molecule has 0 saturated carbocycles. The van der Waals surface area contributed by atoms with Crippen LogP contribution in [0.3, 0.4) is 0 Å². The van der Waals surface area contributed by atoms with Crippen LogP contribution in [0.5, 0.6) is 11.5 Å². The van der Waals surface area contributed by atoms with Gasteiger partial charge in [-0.15, -0.1) is 0 Å². The van der Waals surface area contributed by atoms with Crippen molar-refractivity contribution in [2.24, 2.45) is 5.41 Å². The maximum absolute atomic E-state index is 12.0. The van der Waals surface area contributed by atoms with E-state index in [1.807, 2.05) is 20.8 Å². The zero-order valence-electron chi connectivity index (χ0n) is 17.8. The second-order valence-corrected chi connectivity index (χ2v) is 9.47. The highest BCUT2D eigenvalue weighted by Gasteiger charge is 2.16. The number of carbonyl (C=O) groups is 1. The predicted octanol–water partition coefficient (Wildman–Crippen LogP) is 4.72. The fourth-order valence-corrected chi connectivity index (χ4v) is 2.62. The molecule has 0 bridgehead atoms. The number of unbranched alkanes of at least 4 members (excludes halogenated alkanes) is 2. The molecule has 1 unspecified atom stereocenters. The van der Waals surface area contributed by atoms with Crippen molar-refractivity contribution in [1.29, 1.82) is 0 Å². The molecule has 1 aromatic carbocycles. The van der Waals surface area contributed by atoms with Crippen molar-refractivity contribution in [3.05, 3.63) is 23.8 Å². The lowest BCUT2D eigenvalue weighted by molar-refractivity contribution is -0.134. The molecule has 0 saturated heterocycles. The van der Waals surface area contributed by atoms with Crippen LogP contribution < -0.4 is 10.1 Å². The number of carbonyl (C=O) groups excluding carboxylic acids is 1. The molecule has 0 aliphatic heterocycles. The SMILES string of the molecule is CC(C)(C)CCCCCC(=O)Oc1ccc(C(O)CNC(C)(C)C)cc1O. The minimum absolute atomic E-state index is 0.106. The van der Waals surface area contributed by atoms with Crippen LogP contribution in [0.4, 0.5) is 0 Å². The number of esters is 1. The maximum Gasteiger partial charge on any atom is 0.311 e. The number of aliphatic hydroxyl groups excluding tert-OH is 1. The Hall–Kier alpha value is -1.59.